The van der Waals surface area contributed by atoms with Gasteiger partial charge in [-0.05, 0) is 81.6 Å². The lowest BCUT2D eigenvalue weighted by molar-refractivity contribution is -0.0557. The van der Waals surface area contributed by atoms with E-state index in [1.165, 1.54) is 21.5 Å². The van der Waals surface area contributed by atoms with Crippen LogP contribution in [0.15, 0.2) is 35.4 Å². The molecule has 0 unspecified atom stereocenters. The third-order valence-corrected chi connectivity index (χ3v) is 11.6. The summed E-state index contributed by atoms with van der Waals surface area (Å²) in [5, 5.41) is 7.64. The van der Waals surface area contributed by atoms with Gasteiger partial charge in [0.2, 0.25) is 27.6 Å². The zero-order valence-corrected chi connectivity index (χ0v) is 28.8. The Bertz CT molecular complexity index is 1960. The lowest BCUT2D eigenvalue weighted by Gasteiger charge is -2.37. The molecule has 2 fully saturated rings. The van der Waals surface area contributed by atoms with Crippen LogP contribution < -0.4 is 9.47 Å². The van der Waals surface area contributed by atoms with Gasteiger partial charge in [-0.3, -0.25) is 14.3 Å². The summed E-state index contributed by atoms with van der Waals surface area (Å²) in [5.74, 6) is 0.0246. The summed E-state index contributed by atoms with van der Waals surface area (Å²) in [6, 6.07) is 7.19. The molecule has 3 aliphatic heterocycles. The highest BCUT2D eigenvalue weighted by Crippen LogP contribution is 2.40. The summed E-state index contributed by atoms with van der Waals surface area (Å²) in [7, 11) is -4.07. The average Bonchev–Trinajstić information content (AvgIpc) is 3.74. The van der Waals surface area contributed by atoms with E-state index in [1.54, 1.807) is 25.3 Å². The number of ether oxygens (including phenoxy) is 3. The fourth-order valence-corrected chi connectivity index (χ4v) is 8.49. The van der Waals surface area contributed by atoms with Crippen LogP contribution in [0.3, 0.4) is 0 Å². The number of fused-ring (bicyclic) bond motifs is 2. The van der Waals surface area contributed by atoms with E-state index in [9.17, 15) is 17.2 Å². The highest BCUT2D eigenvalue weighted by molar-refractivity contribution is 7.89. The Morgan fingerprint density at radius 3 is 2.55 bits per heavy atom. The van der Waals surface area contributed by atoms with Crippen molar-refractivity contribution in [2.45, 2.75) is 76.3 Å². The Morgan fingerprint density at radius 2 is 1.80 bits per heavy atom. The molecule has 0 saturated carbocycles. The molecule has 15 heteroatoms. The van der Waals surface area contributed by atoms with Gasteiger partial charge < -0.3 is 14.2 Å². The quantitative estimate of drug-likeness (QED) is 0.246. The molecule has 7 rings (SSSR count). The summed E-state index contributed by atoms with van der Waals surface area (Å²) in [6.07, 6.45) is 2.59. The summed E-state index contributed by atoms with van der Waals surface area (Å²) in [4.78, 5) is 11.9. The standard InChI is InChI=1S/C34H41F2N7O5S/c1-22-6-7-26(19-25-8-13-43-30(24(25)3)39-40-31(43)29(35)36)37-27(22)20-42-21-34(9-15-46-16-10-34)48-33-28(49(42,44)45)18-23(2)32(38-33)47-17-14-41-11-4-5-12-41/h6-8,13,18,29H,4-5,9-12,14-17,19-21H2,1-3H3. The molecule has 4 aromatic rings. The largest absolute Gasteiger partial charge is 0.476 e. The molecule has 1 spiro atoms. The van der Waals surface area contributed by atoms with E-state index >= 15 is 0 Å². The molecule has 7 heterocycles. The fourth-order valence-electron chi connectivity index (χ4n) is 6.88. The van der Waals surface area contributed by atoms with Crippen molar-refractivity contribution < 1.29 is 31.4 Å². The first-order valence-electron chi connectivity index (χ1n) is 16.7. The van der Waals surface area contributed by atoms with Crippen molar-refractivity contribution in [2.24, 2.45) is 0 Å². The van der Waals surface area contributed by atoms with Gasteiger partial charge in [0.15, 0.2) is 5.65 Å². The molecule has 2 saturated heterocycles. The molecule has 0 radical (unpaired) electrons. The molecule has 262 valence electrons. The molecule has 0 aromatic carbocycles. The number of aromatic nitrogens is 5. The molecule has 49 heavy (non-hydrogen) atoms. The number of alkyl halides is 2. The van der Waals surface area contributed by atoms with Crippen LogP contribution >= 0.6 is 0 Å². The lowest BCUT2D eigenvalue weighted by atomic mass is 9.93. The van der Waals surface area contributed by atoms with Gasteiger partial charge in [0.1, 0.15) is 17.1 Å². The van der Waals surface area contributed by atoms with Crippen molar-refractivity contribution >= 4 is 15.7 Å². The number of rotatable bonds is 9. The smallest absolute Gasteiger partial charge is 0.297 e. The highest BCUT2D eigenvalue weighted by Gasteiger charge is 2.46. The molecule has 0 bridgehead atoms. The van der Waals surface area contributed by atoms with E-state index in [-0.39, 0.29) is 23.9 Å². The zero-order chi connectivity index (χ0) is 34.3. The number of hydrogen-bond acceptors (Lipinski definition) is 10. The molecular formula is C34H41F2N7O5S. The fraction of sp³-hybridized carbons (Fsp3) is 0.529. The predicted octanol–water partition coefficient (Wildman–Crippen LogP) is 4.58. The first-order valence-corrected chi connectivity index (χ1v) is 18.2. The van der Waals surface area contributed by atoms with Gasteiger partial charge in [0.25, 0.3) is 6.43 Å². The average molecular weight is 698 g/mol. The van der Waals surface area contributed by atoms with E-state index in [0.717, 1.165) is 36.3 Å². The second-order valence-electron chi connectivity index (χ2n) is 13.2. The van der Waals surface area contributed by atoms with Crippen LogP contribution in [0, 0.1) is 20.8 Å². The van der Waals surface area contributed by atoms with Crippen LogP contribution in [0.25, 0.3) is 5.65 Å². The van der Waals surface area contributed by atoms with Crippen LogP contribution in [0.1, 0.15) is 71.6 Å². The van der Waals surface area contributed by atoms with Gasteiger partial charge in [0, 0.05) is 43.3 Å². The third-order valence-electron chi connectivity index (χ3n) is 9.86. The van der Waals surface area contributed by atoms with E-state index in [0.29, 0.717) is 67.6 Å². The molecule has 4 aromatic heterocycles. The predicted molar refractivity (Wildman–Crippen MR) is 176 cm³/mol. The van der Waals surface area contributed by atoms with E-state index in [1.807, 2.05) is 26.0 Å². The first-order chi connectivity index (χ1) is 23.5. The van der Waals surface area contributed by atoms with Crippen molar-refractivity contribution in [3.8, 4) is 11.8 Å². The second kappa shape index (κ2) is 13.5. The minimum atomic E-state index is -4.07. The Hall–Kier alpha value is -3.79. The van der Waals surface area contributed by atoms with Crippen LogP contribution in [-0.2, 0) is 27.7 Å². The number of sulfonamides is 1. The molecule has 0 N–H and O–H groups in total. The molecule has 0 atom stereocenters. The third kappa shape index (κ3) is 6.73. The Morgan fingerprint density at radius 1 is 1.02 bits per heavy atom. The minimum absolute atomic E-state index is 0.00877. The number of aryl methyl sites for hydroxylation is 3. The van der Waals surface area contributed by atoms with E-state index in [2.05, 4.69) is 20.1 Å². The number of likely N-dealkylation sites (tertiary alicyclic amines) is 1. The van der Waals surface area contributed by atoms with Crippen molar-refractivity contribution in [3.05, 3.63) is 69.9 Å². The molecule has 12 nitrogen and oxygen atoms in total. The first kappa shape index (κ1) is 33.7. The van der Waals surface area contributed by atoms with Gasteiger partial charge in [0.05, 0.1) is 32.0 Å². The van der Waals surface area contributed by atoms with Crippen LogP contribution in [0.4, 0.5) is 8.78 Å². The van der Waals surface area contributed by atoms with Crippen LogP contribution in [0.2, 0.25) is 0 Å². The van der Waals surface area contributed by atoms with E-state index in [4.69, 9.17) is 19.2 Å². The van der Waals surface area contributed by atoms with Gasteiger partial charge in [-0.2, -0.15) is 9.29 Å². The highest BCUT2D eigenvalue weighted by atomic mass is 32.2. The Balaban J connectivity index is 1.18. The van der Waals surface area contributed by atoms with Crippen LogP contribution in [0.5, 0.6) is 11.8 Å². The maximum atomic E-state index is 14.4. The summed E-state index contributed by atoms with van der Waals surface area (Å²) >= 11 is 0. The Kier molecular flexibility index (Phi) is 9.28. The van der Waals surface area contributed by atoms with Gasteiger partial charge in [-0.25, -0.2) is 17.2 Å². The normalized spacial score (nSPS) is 19.3. The van der Waals surface area contributed by atoms with Gasteiger partial charge in [-0.15, -0.1) is 10.2 Å². The van der Waals surface area contributed by atoms with Gasteiger partial charge in [-0.1, -0.05) is 6.07 Å². The minimum Gasteiger partial charge on any atom is -0.476 e. The monoisotopic (exact) mass is 697 g/mol. The molecular weight excluding hydrogens is 656 g/mol. The number of hydrogen-bond donors (Lipinski definition) is 0. The summed E-state index contributed by atoms with van der Waals surface area (Å²) < 4.78 is 76.7. The van der Waals surface area contributed by atoms with E-state index < -0.39 is 27.9 Å². The molecule has 3 aliphatic rings. The zero-order valence-electron chi connectivity index (χ0n) is 28.0. The number of halogens is 2. The molecule has 0 amide bonds. The summed E-state index contributed by atoms with van der Waals surface area (Å²) in [6.45, 7) is 9.90. The van der Waals surface area contributed by atoms with Crippen molar-refractivity contribution in [3.63, 3.8) is 0 Å². The second-order valence-corrected chi connectivity index (χ2v) is 15.1. The van der Waals surface area contributed by atoms with Crippen molar-refractivity contribution in [2.75, 3.05) is 46.0 Å². The topological polar surface area (TPSA) is 124 Å². The maximum absolute atomic E-state index is 14.4. The SMILES string of the molecule is Cc1ccc(Cc2ccn3c(C(F)F)nnc3c2C)nc1CN1CC2(CCOCC2)Oc2nc(OCCN3CCCC3)c(C)cc2S1(=O)=O. The van der Waals surface area contributed by atoms with Crippen molar-refractivity contribution in [1.82, 2.24) is 33.8 Å². The summed E-state index contributed by atoms with van der Waals surface area (Å²) in [5.41, 5.74) is 3.88. The number of nitrogens with zero attached hydrogens (tertiary/aromatic N) is 7. The lowest BCUT2D eigenvalue weighted by Crippen LogP contribution is -2.50. The Labute approximate surface area is 284 Å². The van der Waals surface area contributed by atoms with Crippen LogP contribution in [-0.4, -0.2) is 93.8 Å². The maximum Gasteiger partial charge on any atom is 0.297 e. The number of pyridine rings is 3. The van der Waals surface area contributed by atoms with Gasteiger partial charge >= 0.3 is 0 Å². The molecule has 0 aliphatic carbocycles. The van der Waals surface area contributed by atoms with Crippen molar-refractivity contribution in [1.29, 1.82) is 0 Å².